The Bertz CT molecular complexity index is 1490. The zero-order valence-corrected chi connectivity index (χ0v) is 29.2. The fourth-order valence-corrected chi connectivity index (χ4v) is 13.8. The van der Waals surface area contributed by atoms with Gasteiger partial charge in [-0.2, -0.15) is 0 Å². The number of fused-ring (bicyclic) bond motifs is 9. The third kappa shape index (κ3) is 3.47. The predicted molar refractivity (Wildman–Crippen MR) is 164 cm³/mol. The summed E-state index contributed by atoms with van der Waals surface area (Å²) >= 11 is 0. The summed E-state index contributed by atoms with van der Waals surface area (Å²) in [5, 5.41) is 37.7. The van der Waals surface area contributed by atoms with Crippen molar-refractivity contribution < 1.29 is 58.1 Å². The molecule has 21 atom stereocenters. The van der Waals surface area contributed by atoms with Crippen molar-refractivity contribution in [2.75, 3.05) is 0 Å². The van der Waals surface area contributed by atoms with Crippen LogP contribution in [0.1, 0.15) is 68.7 Å². The van der Waals surface area contributed by atoms with Gasteiger partial charge in [0, 0.05) is 49.4 Å². The lowest BCUT2D eigenvalue weighted by atomic mass is 9.39. The molecule has 3 N–H and O–H groups in total. The maximum atomic E-state index is 13.0. The van der Waals surface area contributed by atoms with Gasteiger partial charge in [0.1, 0.15) is 41.9 Å². The first-order valence-corrected chi connectivity index (χ1v) is 17.5. The highest BCUT2D eigenvalue weighted by atomic mass is 16.8. The maximum Gasteiger partial charge on any atom is 0.303 e. The second-order valence-electron chi connectivity index (χ2n) is 17.2. The molecule has 2 unspecified atom stereocenters. The Morgan fingerprint density at radius 2 is 1.42 bits per heavy atom. The average Bonchev–Trinajstić information content (AvgIpc) is 3.88. The van der Waals surface area contributed by atoms with E-state index in [-0.39, 0.29) is 29.8 Å². The number of carbonyl (C=O) groups excluding carboxylic acids is 3. The van der Waals surface area contributed by atoms with Gasteiger partial charge in [-0.15, -0.1) is 0 Å². The van der Waals surface area contributed by atoms with Gasteiger partial charge in [0.05, 0.1) is 23.7 Å². The summed E-state index contributed by atoms with van der Waals surface area (Å²) in [6, 6.07) is 0. The summed E-state index contributed by atoms with van der Waals surface area (Å²) in [5.41, 5.74) is -4.58. The molecule has 12 nitrogen and oxygen atoms in total. The molecule has 0 bridgehead atoms. The number of epoxide rings is 2. The fourth-order valence-electron chi connectivity index (χ4n) is 13.8. The van der Waals surface area contributed by atoms with Gasteiger partial charge in [-0.25, -0.2) is 0 Å². The Kier molecular flexibility index (Phi) is 6.54. The molecule has 266 valence electrons. The van der Waals surface area contributed by atoms with Crippen LogP contribution in [0, 0.1) is 63.6 Å². The number of ether oxygens (including phenoxy) is 6. The predicted octanol–water partition coefficient (Wildman–Crippen LogP) is 2.11. The Labute approximate surface area is 280 Å². The van der Waals surface area contributed by atoms with E-state index < -0.39 is 118 Å². The summed E-state index contributed by atoms with van der Waals surface area (Å²) in [6.45, 7) is 19.8. The smallest absolute Gasteiger partial charge is 0.303 e. The first kappa shape index (κ1) is 32.9. The summed E-state index contributed by atoms with van der Waals surface area (Å²) in [5.74, 6) is -6.40. The molecule has 8 aliphatic rings. The molecule has 8 rings (SSSR count). The fraction of sp³-hybridized carbons (Fsp3) is 0.861. The van der Waals surface area contributed by atoms with Crippen molar-refractivity contribution in [1.29, 1.82) is 0 Å². The molecule has 5 aliphatic carbocycles. The first-order valence-electron chi connectivity index (χ1n) is 17.5. The molecule has 3 saturated heterocycles. The van der Waals surface area contributed by atoms with Crippen LogP contribution in [0.15, 0.2) is 12.3 Å². The highest BCUT2D eigenvalue weighted by molar-refractivity contribution is 5.67. The summed E-state index contributed by atoms with van der Waals surface area (Å²) < 4.78 is 37.2. The molecule has 5 saturated carbocycles. The van der Waals surface area contributed by atoms with Crippen LogP contribution < -0.4 is 0 Å². The second-order valence-corrected chi connectivity index (χ2v) is 17.2. The second kappa shape index (κ2) is 9.54. The number of aliphatic hydroxyl groups is 3. The van der Waals surface area contributed by atoms with Crippen LogP contribution >= 0.6 is 0 Å². The maximum absolute atomic E-state index is 13.0. The van der Waals surface area contributed by atoms with E-state index in [0.29, 0.717) is 6.42 Å². The summed E-state index contributed by atoms with van der Waals surface area (Å²) in [6.07, 6.45) is -5.29. The minimum absolute atomic E-state index is 0.170. The molecule has 0 radical (unpaired) electrons. The van der Waals surface area contributed by atoms with Crippen LogP contribution in [0.4, 0.5) is 0 Å². The zero-order valence-electron chi connectivity index (χ0n) is 29.2. The third-order valence-corrected chi connectivity index (χ3v) is 15.5. The molecule has 0 amide bonds. The van der Waals surface area contributed by atoms with Crippen molar-refractivity contribution in [2.45, 2.75) is 129 Å². The van der Waals surface area contributed by atoms with Crippen LogP contribution in [0.5, 0.6) is 0 Å². The van der Waals surface area contributed by atoms with E-state index in [9.17, 15) is 29.7 Å². The van der Waals surface area contributed by atoms with Gasteiger partial charge in [-0.05, 0) is 49.9 Å². The van der Waals surface area contributed by atoms with Gasteiger partial charge in [0.25, 0.3) is 0 Å². The van der Waals surface area contributed by atoms with E-state index in [1.807, 2.05) is 27.7 Å². The Morgan fingerprint density at radius 1 is 0.812 bits per heavy atom. The quantitative estimate of drug-likeness (QED) is 0.226. The van der Waals surface area contributed by atoms with Crippen LogP contribution in [0.25, 0.3) is 0 Å². The number of aliphatic hydroxyl groups excluding tert-OH is 2. The van der Waals surface area contributed by atoms with E-state index in [0.717, 1.165) is 0 Å². The van der Waals surface area contributed by atoms with Gasteiger partial charge < -0.3 is 43.7 Å². The largest absolute Gasteiger partial charge is 0.462 e. The minimum Gasteiger partial charge on any atom is -0.462 e. The molecule has 48 heavy (non-hydrogen) atoms. The lowest BCUT2D eigenvalue weighted by Crippen LogP contribution is -2.73. The molecule has 12 heteroatoms. The van der Waals surface area contributed by atoms with Gasteiger partial charge in [0.2, 0.25) is 5.79 Å². The highest BCUT2D eigenvalue weighted by Crippen LogP contribution is 2.82. The molecule has 0 aromatic heterocycles. The topological polar surface area (TPSA) is 174 Å². The van der Waals surface area contributed by atoms with Crippen molar-refractivity contribution in [3.8, 4) is 0 Å². The molecule has 8 fully saturated rings. The summed E-state index contributed by atoms with van der Waals surface area (Å²) in [4.78, 5) is 38.4. The average molecular weight is 675 g/mol. The standard InChI is InChI=1S/C36H50O12/c1-12-21-20(25(40)27(43-15(4)37)18-11-19-28(46-19)31(32(18,21)7)45-17(6)39)23-26(41)24-22(33(23,8)29(12)44-16(5)38)13(2)30-36(48-30)34(24,9)35(10,42)14(3)47-36/h12-13,18-31,40-42H,3,11H2,1-2,4-10H3/t12?,13-,18+,19-,20+,21?,22-,23+,24-,25+,26+,27-,28-,29-,30-,31-,32-,33+,34-,35+,36-/m0/s1. The van der Waals surface area contributed by atoms with Crippen molar-refractivity contribution in [3.05, 3.63) is 12.3 Å². The van der Waals surface area contributed by atoms with Crippen LogP contribution in [0.3, 0.4) is 0 Å². The van der Waals surface area contributed by atoms with Crippen molar-refractivity contribution in [1.82, 2.24) is 0 Å². The number of hydrogen-bond acceptors (Lipinski definition) is 12. The van der Waals surface area contributed by atoms with E-state index in [4.69, 9.17) is 28.4 Å². The molecule has 0 aromatic rings. The molecule has 1 spiro atoms. The first-order chi connectivity index (χ1) is 22.2. The molecule has 0 aromatic carbocycles. The van der Waals surface area contributed by atoms with Crippen molar-refractivity contribution in [3.63, 3.8) is 0 Å². The van der Waals surface area contributed by atoms with Gasteiger partial charge in [0.15, 0.2) is 0 Å². The summed E-state index contributed by atoms with van der Waals surface area (Å²) in [7, 11) is 0. The van der Waals surface area contributed by atoms with E-state index in [1.54, 1.807) is 6.92 Å². The third-order valence-electron chi connectivity index (χ3n) is 15.5. The molecular weight excluding hydrogens is 624 g/mol. The zero-order chi connectivity index (χ0) is 35.0. The minimum atomic E-state index is -1.58. The Balaban J connectivity index is 1.35. The molecule has 3 aliphatic heterocycles. The van der Waals surface area contributed by atoms with E-state index in [1.165, 1.54) is 20.8 Å². The number of hydrogen-bond donors (Lipinski definition) is 3. The van der Waals surface area contributed by atoms with Crippen LogP contribution in [-0.2, 0) is 42.8 Å². The van der Waals surface area contributed by atoms with E-state index >= 15 is 0 Å². The monoisotopic (exact) mass is 674 g/mol. The SMILES string of the molecule is C=C1O[C@]23O[C@H]2[C@@H](C)[C@H]2[C@@H]([C@H](O)[C@H]4[C@H]5C(C(C)[C@H](OC(C)=O)[C@@]42C)[C@]2(C)[C@H](C[C@@H]4O[C@@H]4[C@@H]2OC(C)=O)[C@H](OC(C)=O)[C@@H]5O)[C@@]3(C)[C@]1(C)O. The van der Waals surface area contributed by atoms with Gasteiger partial charge in [-0.3, -0.25) is 14.4 Å². The number of rotatable bonds is 3. The lowest BCUT2D eigenvalue weighted by molar-refractivity contribution is -0.286. The van der Waals surface area contributed by atoms with Crippen molar-refractivity contribution >= 4 is 17.9 Å². The van der Waals surface area contributed by atoms with Gasteiger partial charge >= 0.3 is 17.9 Å². The van der Waals surface area contributed by atoms with Gasteiger partial charge in [-0.1, -0.05) is 34.3 Å². The van der Waals surface area contributed by atoms with Crippen LogP contribution in [0.2, 0.25) is 0 Å². The molecule has 3 heterocycles. The van der Waals surface area contributed by atoms with Crippen molar-refractivity contribution in [2.24, 2.45) is 63.6 Å². The Morgan fingerprint density at radius 3 is 2.02 bits per heavy atom. The number of carbonyl (C=O) groups is 3. The lowest BCUT2D eigenvalue weighted by Gasteiger charge is -2.67. The van der Waals surface area contributed by atoms with E-state index in [2.05, 4.69) is 13.5 Å². The Hall–Kier alpha value is -2.25. The number of esters is 3. The van der Waals surface area contributed by atoms with Crippen LogP contribution in [-0.4, -0.2) is 93.4 Å². The highest BCUT2D eigenvalue weighted by Gasteiger charge is 2.91. The normalized spacial score (nSPS) is 61.1. The molecular formula is C36H50O12.